The summed E-state index contributed by atoms with van der Waals surface area (Å²) in [6, 6.07) is 4.86. The Hall–Kier alpha value is -2.90. The van der Waals surface area contributed by atoms with Crippen LogP contribution >= 0.6 is 0 Å². The molecule has 2 amide bonds. The van der Waals surface area contributed by atoms with E-state index in [0.717, 1.165) is 0 Å². The van der Waals surface area contributed by atoms with E-state index in [1.54, 1.807) is 19.1 Å². The van der Waals surface area contributed by atoms with Crippen molar-refractivity contribution in [1.82, 2.24) is 5.32 Å². The number of ether oxygens (including phenoxy) is 1. The number of nitrogens with one attached hydrogen (secondary N) is 2. The second-order valence-corrected chi connectivity index (χ2v) is 5.52. The third-order valence-corrected chi connectivity index (χ3v) is 3.33. The number of anilines is 1. The van der Waals surface area contributed by atoms with E-state index in [9.17, 15) is 24.3 Å². The molecule has 0 aromatic heterocycles. The number of carboxylic acids is 1. The van der Waals surface area contributed by atoms with Crippen molar-refractivity contribution in [1.29, 1.82) is 0 Å². The summed E-state index contributed by atoms with van der Waals surface area (Å²) < 4.78 is 4.84. The predicted octanol–water partition coefficient (Wildman–Crippen LogP) is 1.42. The Bertz CT molecular complexity index is 658. The molecule has 0 aliphatic rings. The molecule has 0 saturated heterocycles. The summed E-state index contributed by atoms with van der Waals surface area (Å²) in [5.41, 5.74) is 0.619. The van der Waals surface area contributed by atoms with Gasteiger partial charge in [0, 0.05) is 18.2 Å². The van der Waals surface area contributed by atoms with E-state index in [0.29, 0.717) is 5.69 Å². The van der Waals surface area contributed by atoms with E-state index < -0.39 is 29.8 Å². The zero-order valence-electron chi connectivity index (χ0n) is 14.4. The van der Waals surface area contributed by atoms with Gasteiger partial charge in [-0.2, -0.15) is 0 Å². The van der Waals surface area contributed by atoms with E-state index >= 15 is 0 Å². The fraction of sp³-hybridized carbons (Fsp3) is 0.412. The molecule has 8 nitrogen and oxygen atoms in total. The number of hydrogen-bond acceptors (Lipinski definition) is 5. The van der Waals surface area contributed by atoms with Crippen LogP contribution < -0.4 is 10.6 Å². The number of carbonyl (C=O) groups is 4. The lowest BCUT2D eigenvalue weighted by Crippen LogP contribution is -2.42. The maximum Gasteiger partial charge on any atom is 0.326 e. The SMILES string of the molecule is CCOC(=O)[C@@H](C)C[C@@H](NC(=O)c1cccc(NC(C)=O)c1)C(=O)O. The van der Waals surface area contributed by atoms with Crippen LogP contribution in [0, 0.1) is 5.92 Å². The Morgan fingerprint density at radius 1 is 1.24 bits per heavy atom. The van der Waals surface area contributed by atoms with Crippen molar-refractivity contribution in [3.63, 3.8) is 0 Å². The second kappa shape index (κ2) is 9.41. The molecule has 2 atom stereocenters. The average Bonchev–Trinajstić information content (AvgIpc) is 2.53. The largest absolute Gasteiger partial charge is 0.480 e. The molecule has 136 valence electrons. The quantitative estimate of drug-likeness (QED) is 0.610. The summed E-state index contributed by atoms with van der Waals surface area (Å²) in [5.74, 6) is -3.34. The first-order chi connectivity index (χ1) is 11.7. The molecule has 25 heavy (non-hydrogen) atoms. The Morgan fingerprint density at radius 2 is 1.92 bits per heavy atom. The molecule has 0 unspecified atom stereocenters. The van der Waals surface area contributed by atoms with E-state index in [2.05, 4.69) is 10.6 Å². The molecule has 0 fully saturated rings. The molecule has 0 heterocycles. The van der Waals surface area contributed by atoms with E-state index in [1.807, 2.05) is 0 Å². The summed E-state index contributed by atoms with van der Waals surface area (Å²) >= 11 is 0. The first-order valence-electron chi connectivity index (χ1n) is 7.82. The monoisotopic (exact) mass is 350 g/mol. The van der Waals surface area contributed by atoms with Crippen molar-refractivity contribution in [3.05, 3.63) is 29.8 Å². The second-order valence-electron chi connectivity index (χ2n) is 5.52. The van der Waals surface area contributed by atoms with E-state index in [1.165, 1.54) is 26.0 Å². The van der Waals surface area contributed by atoms with Gasteiger partial charge in [-0.3, -0.25) is 14.4 Å². The summed E-state index contributed by atoms with van der Waals surface area (Å²) in [5, 5.41) is 14.2. The number of esters is 1. The van der Waals surface area contributed by atoms with Crippen LogP contribution in [0.4, 0.5) is 5.69 Å². The van der Waals surface area contributed by atoms with Gasteiger partial charge in [-0.15, -0.1) is 0 Å². The van der Waals surface area contributed by atoms with Crippen LogP contribution in [-0.2, 0) is 19.1 Å². The molecule has 0 saturated carbocycles. The first-order valence-corrected chi connectivity index (χ1v) is 7.82. The lowest BCUT2D eigenvalue weighted by molar-refractivity contribution is -0.148. The number of rotatable bonds is 8. The van der Waals surface area contributed by atoms with Gasteiger partial charge in [0.25, 0.3) is 5.91 Å². The minimum Gasteiger partial charge on any atom is -0.480 e. The van der Waals surface area contributed by atoms with Crippen molar-refractivity contribution < 1.29 is 29.0 Å². The highest BCUT2D eigenvalue weighted by molar-refractivity contribution is 5.98. The standard InChI is InChI=1S/C17H22N2O6/c1-4-25-17(24)10(2)8-14(16(22)23)19-15(21)12-6-5-7-13(9-12)18-11(3)20/h5-7,9-10,14H,4,8H2,1-3H3,(H,18,20)(H,19,21)(H,22,23)/t10-,14+/m0/s1. The third-order valence-electron chi connectivity index (χ3n) is 3.33. The molecule has 8 heteroatoms. The highest BCUT2D eigenvalue weighted by Crippen LogP contribution is 2.13. The van der Waals surface area contributed by atoms with Crippen molar-refractivity contribution in [2.24, 2.45) is 5.92 Å². The van der Waals surface area contributed by atoms with Crippen LogP contribution in [0.25, 0.3) is 0 Å². The van der Waals surface area contributed by atoms with Gasteiger partial charge in [-0.1, -0.05) is 13.0 Å². The summed E-state index contributed by atoms with van der Waals surface area (Å²) in [7, 11) is 0. The van der Waals surface area contributed by atoms with Crippen LogP contribution in [-0.4, -0.2) is 41.5 Å². The van der Waals surface area contributed by atoms with Crippen molar-refractivity contribution in [3.8, 4) is 0 Å². The predicted molar refractivity (Wildman–Crippen MR) is 90.0 cm³/mol. The van der Waals surface area contributed by atoms with Crippen LogP contribution in [0.2, 0.25) is 0 Å². The molecule has 1 aromatic rings. The minimum atomic E-state index is -1.25. The molecular formula is C17H22N2O6. The smallest absolute Gasteiger partial charge is 0.326 e. The topological polar surface area (TPSA) is 122 Å². The number of hydrogen-bond donors (Lipinski definition) is 3. The van der Waals surface area contributed by atoms with Gasteiger partial charge in [-0.25, -0.2) is 4.79 Å². The molecule has 0 spiro atoms. The number of carbonyl (C=O) groups excluding carboxylic acids is 3. The van der Waals surface area contributed by atoms with Crippen LogP contribution in [0.5, 0.6) is 0 Å². The van der Waals surface area contributed by atoms with E-state index in [-0.39, 0.29) is 24.5 Å². The molecule has 0 bridgehead atoms. The Morgan fingerprint density at radius 3 is 2.48 bits per heavy atom. The van der Waals surface area contributed by atoms with Gasteiger partial charge >= 0.3 is 11.9 Å². The Kier molecular flexibility index (Phi) is 7.58. The number of amides is 2. The van der Waals surface area contributed by atoms with Crippen LogP contribution in [0.15, 0.2) is 24.3 Å². The summed E-state index contributed by atoms with van der Waals surface area (Å²) in [4.78, 5) is 46.3. The van der Waals surface area contributed by atoms with Gasteiger partial charge in [0.1, 0.15) is 6.04 Å². The van der Waals surface area contributed by atoms with Crippen molar-refractivity contribution in [2.45, 2.75) is 33.2 Å². The highest BCUT2D eigenvalue weighted by Gasteiger charge is 2.26. The van der Waals surface area contributed by atoms with Crippen LogP contribution in [0.1, 0.15) is 37.6 Å². The molecule has 1 rings (SSSR count). The molecular weight excluding hydrogens is 328 g/mol. The molecule has 0 radical (unpaired) electrons. The zero-order valence-corrected chi connectivity index (χ0v) is 14.4. The molecule has 3 N–H and O–H groups in total. The van der Waals surface area contributed by atoms with Crippen LogP contribution in [0.3, 0.4) is 0 Å². The highest BCUT2D eigenvalue weighted by atomic mass is 16.5. The number of aliphatic carboxylic acids is 1. The number of benzene rings is 1. The average molecular weight is 350 g/mol. The van der Waals surface area contributed by atoms with Gasteiger partial charge in [0.15, 0.2) is 0 Å². The summed E-state index contributed by atoms with van der Waals surface area (Å²) in [6.07, 6.45) is -0.0920. The van der Waals surface area contributed by atoms with Gasteiger partial charge in [0.2, 0.25) is 5.91 Å². The van der Waals surface area contributed by atoms with Crippen molar-refractivity contribution in [2.75, 3.05) is 11.9 Å². The normalized spacial score (nSPS) is 12.6. The molecule has 0 aliphatic heterocycles. The summed E-state index contributed by atoms with van der Waals surface area (Å²) in [6.45, 7) is 4.73. The maximum atomic E-state index is 12.3. The van der Waals surface area contributed by atoms with E-state index in [4.69, 9.17) is 4.74 Å². The molecule has 0 aliphatic carbocycles. The minimum absolute atomic E-state index is 0.0920. The molecule has 1 aromatic carbocycles. The van der Waals surface area contributed by atoms with Gasteiger partial charge in [-0.05, 0) is 31.5 Å². The fourth-order valence-corrected chi connectivity index (χ4v) is 2.14. The maximum absolute atomic E-state index is 12.3. The zero-order chi connectivity index (χ0) is 19.0. The number of carboxylic acid groups (broad SMARTS) is 1. The lowest BCUT2D eigenvalue weighted by atomic mass is 10.0. The Balaban J connectivity index is 2.81. The lowest BCUT2D eigenvalue weighted by Gasteiger charge is -2.18. The Labute approximate surface area is 145 Å². The van der Waals surface area contributed by atoms with Crippen molar-refractivity contribution >= 4 is 29.4 Å². The third kappa shape index (κ3) is 6.62. The van der Waals surface area contributed by atoms with Gasteiger partial charge < -0.3 is 20.5 Å². The fourth-order valence-electron chi connectivity index (χ4n) is 2.14. The van der Waals surface area contributed by atoms with Gasteiger partial charge in [0.05, 0.1) is 12.5 Å². The first kappa shape index (κ1) is 20.1.